The van der Waals surface area contributed by atoms with Crippen molar-refractivity contribution in [2.45, 2.75) is 18.8 Å². The van der Waals surface area contributed by atoms with Crippen LogP contribution < -0.4 is 0 Å². The van der Waals surface area contributed by atoms with E-state index in [1.54, 1.807) is 0 Å². The Kier molecular flexibility index (Phi) is 5.26. The van der Waals surface area contributed by atoms with E-state index < -0.39 is 24.0 Å². The molecule has 2 amide bonds. The molecule has 1 saturated heterocycles. The number of benzene rings is 1. The number of aliphatic hydroxyl groups excluding tert-OH is 1. The lowest BCUT2D eigenvalue weighted by Crippen LogP contribution is -2.42. The molecule has 2 rings (SSSR count). The fourth-order valence-corrected chi connectivity index (χ4v) is 2.24. The Morgan fingerprint density at radius 3 is 2.22 bits per heavy atom. The minimum Gasteiger partial charge on any atom is -0.388 e. The number of amides is 2. The lowest BCUT2D eigenvalue weighted by Gasteiger charge is -2.24. The van der Waals surface area contributed by atoms with E-state index in [-0.39, 0.29) is 24.3 Å². The number of likely N-dealkylation sites (tertiary alicyclic amines) is 1. The van der Waals surface area contributed by atoms with E-state index in [0.29, 0.717) is 0 Å². The fourth-order valence-electron chi connectivity index (χ4n) is 2.24. The molecule has 2 atom stereocenters. The van der Waals surface area contributed by atoms with Crippen LogP contribution in [0.25, 0.3) is 0 Å². The first-order valence-electron chi connectivity index (χ1n) is 7.16. The minimum atomic E-state index is -1.08. The van der Waals surface area contributed by atoms with Crippen LogP contribution in [0.3, 0.4) is 0 Å². The first-order valence-corrected chi connectivity index (χ1v) is 7.16. The third-order valence-electron chi connectivity index (χ3n) is 3.64. The number of ether oxygens (including phenoxy) is 1. The summed E-state index contributed by atoms with van der Waals surface area (Å²) in [5.74, 6) is -1.07. The number of hydrogen-bond acceptors (Lipinski definition) is 4. The molecule has 0 radical (unpaired) electrons. The molecular formula is C18H19NO4. The molecule has 1 aromatic carbocycles. The van der Waals surface area contributed by atoms with Crippen LogP contribution in [0.15, 0.2) is 67.3 Å². The maximum absolute atomic E-state index is 11.9. The van der Waals surface area contributed by atoms with Gasteiger partial charge in [-0.1, -0.05) is 49.6 Å². The summed E-state index contributed by atoms with van der Waals surface area (Å²) in [6.07, 6.45) is -0.344. The molecule has 1 heterocycles. The van der Waals surface area contributed by atoms with E-state index in [2.05, 4.69) is 19.7 Å². The van der Waals surface area contributed by atoms with E-state index in [0.717, 1.165) is 10.5 Å². The predicted octanol–water partition coefficient (Wildman–Crippen LogP) is 1.60. The maximum Gasteiger partial charge on any atom is 0.261 e. The third kappa shape index (κ3) is 3.64. The number of imide groups is 1. The highest BCUT2D eigenvalue weighted by Crippen LogP contribution is 2.22. The van der Waals surface area contributed by atoms with Gasteiger partial charge in [-0.25, -0.2) is 0 Å². The number of hydrogen-bond donors (Lipinski definition) is 1. The van der Waals surface area contributed by atoms with Gasteiger partial charge in [0.15, 0.2) is 0 Å². The highest BCUT2D eigenvalue weighted by Gasteiger charge is 2.38. The average Bonchev–Trinajstić information content (AvgIpc) is 2.74. The van der Waals surface area contributed by atoms with Crippen LogP contribution in [-0.4, -0.2) is 40.6 Å². The zero-order valence-corrected chi connectivity index (χ0v) is 12.8. The van der Waals surface area contributed by atoms with Crippen molar-refractivity contribution in [1.82, 2.24) is 4.90 Å². The SMILES string of the molecule is C=CC(OCc1ccccc1)C(O)CN1C(=O)C(=C)C(=C)C1=O. The van der Waals surface area contributed by atoms with Crippen molar-refractivity contribution in [2.24, 2.45) is 0 Å². The molecule has 0 bridgehead atoms. The van der Waals surface area contributed by atoms with Crippen molar-refractivity contribution in [2.75, 3.05) is 6.54 Å². The Hall–Kier alpha value is -2.50. The standard InChI is InChI=1S/C18H19NO4/c1-4-16(23-11-14-8-6-5-7-9-14)15(20)10-19-17(21)12(2)13(3)18(19)22/h4-9,15-16,20H,1-3,10-11H2. The van der Waals surface area contributed by atoms with E-state index in [1.165, 1.54) is 6.08 Å². The van der Waals surface area contributed by atoms with Gasteiger partial charge in [0.25, 0.3) is 11.8 Å². The first-order chi connectivity index (χ1) is 11.0. The van der Waals surface area contributed by atoms with E-state index in [1.807, 2.05) is 30.3 Å². The predicted molar refractivity (Wildman–Crippen MR) is 86.2 cm³/mol. The number of nitrogens with zero attached hydrogens (tertiary/aromatic N) is 1. The van der Waals surface area contributed by atoms with Crippen molar-refractivity contribution in [3.8, 4) is 0 Å². The summed E-state index contributed by atoms with van der Waals surface area (Å²) in [6.45, 7) is 10.8. The maximum atomic E-state index is 11.9. The molecule has 1 fully saturated rings. The van der Waals surface area contributed by atoms with Crippen LogP contribution >= 0.6 is 0 Å². The smallest absolute Gasteiger partial charge is 0.261 e. The molecule has 0 aromatic heterocycles. The van der Waals surface area contributed by atoms with Gasteiger partial charge in [-0.05, 0) is 5.56 Å². The van der Waals surface area contributed by atoms with Crippen LogP contribution in [0.5, 0.6) is 0 Å². The molecule has 0 aliphatic carbocycles. The summed E-state index contributed by atoms with van der Waals surface area (Å²) < 4.78 is 5.61. The molecule has 1 aliphatic rings. The van der Waals surface area contributed by atoms with Crippen molar-refractivity contribution < 1.29 is 19.4 Å². The zero-order chi connectivity index (χ0) is 17.0. The second-order valence-electron chi connectivity index (χ2n) is 5.24. The van der Waals surface area contributed by atoms with Crippen molar-refractivity contribution in [3.63, 3.8) is 0 Å². The fraction of sp³-hybridized carbons (Fsp3) is 0.222. The molecule has 1 aromatic rings. The Balaban J connectivity index is 1.97. The van der Waals surface area contributed by atoms with Gasteiger partial charge in [0.1, 0.15) is 12.2 Å². The molecule has 0 spiro atoms. The van der Waals surface area contributed by atoms with Gasteiger partial charge in [-0.15, -0.1) is 6.58 Å². The van der Waals surface area contributed by atoms with Gasteiger partial charge in [-0.3, -0.25) is 14.5 Å². The molecule has 2 unspecified atom stereocenters. The van der Waals surface area contributed by atoms with Gasteiger partial charge >= 0.3 is 0 Å². The van der Waals surface area contributed by atoms with Crippen LogP contribution in [0.2, 0.25) is 0 Å². The summed E-state index contributed by atoms with van der Waals surface area (Å²) in [4.78, 5) is 24.8. The van der Waals surface area contributed by atoms with Crippen molar-refractivity contribution in [3.05, 3.63) is 72.9 Å². The first kappa shape index (κ1) is 16.9. The Morgan fingerprint density at radius 1 is 1.13 bits per heavy atom. The molecular weight excluding hydrogens is 294 g/mol. The molecule has 5 nitrogen and oxygen atoms in total. The summed E-state index contributed by atoms with van der Waals surface area (Å²) in [5.41, 5.74) is 1.06. The molecule has 23 heavy (non-hydrogen) atoms. The number of rotatable bonds is 7. The van der Waals surface area contributed by atoms with Crippen molar-refractivity contribution >= 4 is 11.8 Å². The Morgan fingerprint density at radius 2 is 1.70 bits per heavy atom. The van der Waals surface area contributed by atoms with E-state index >= 15 is 0 Å². The number of β-amino-alcohol motifs (C(OH)–C–C–N with tert-alkyl or cyclic N) is 1. The normalized spacial score (nSPS) is 17.5. The Bertz CT molecular complexity index is 624. The highest BCUT2D eigenvalue weighted by atomic mass is 16.5. The zero-order valence-electron chi connectivity index (χ0n) is 12.8. The quantitative estimate of drug-likeness (QED) is 0.472. The summed E-state index contributed by atoms with van der Waals surface area (Å²) in [6, 6.07) is 9.46. The number of aliphatic hydroxyl groups is 1. The highest BCUT2D eigenvalue weighted by molar-refractivity contribution is 6.23. The third-order valence-corrected chi connectivity index (χ3v) is 3.64. The van der Waals surface area contributed by atoms with Crippen LogP contribution in [-0.2, 0) is 20.9 Å². The topological polar surface area (TPSA) is 66.8 Å². The molecule has 1 aliphatic heterocycles. The van der Waals surface area contributed by atoms with Crippen LogP contribution in [0.1, 0.15) is 5.56 Å². The average molecular weight is 313 g/mol. The van der Waals surface area contributed by atoms with Gasteiger partial charge in [0, 0.05) is 11.1 Å². The molecule has 5 heteroatoms. The molecule has 120 valence electrons. The molecule has 0 saturated carbocycles. The van der Waals surface area contributed by atoms with Gasteiger partial charge in [0.2, 0.25) is 0 Å². The van der Waals surface area contributed by atoms with Gasteiger partial charge in [-0.2, -0.15) is 0 Å². The van der Waals surface area contributed by atoms with Crippen LogP contribution in [0, 0.1) is 0 Å². The van der Waals surface area contributed by atoms with Crippen LogP contribution in [0.4, 0.5) is 0 Å². The monoisotopic (exact) mass is 313 g/mol. The summed E-state index contributed by atoms with van der Waals surface area (Å²) in [7, 11) is 0. The number of carbonyl (C=O) groups is 2. The van der Waals surface area contributed by atoms with Crippen molar-refractivity contribution in [1.29, 1.82) is 0 Å². The lowest BCUT2D eigenvalue weighted by atomic mass is 10.2. The van der Waals surface area contributed by atoms with Gasteiger partial charge < -0.3 is 9.84 Å². The Labute approximate surface area is 135 Å². The summed E-state index contributed by atoms with van der Waals surface area (Å²) >= 11 is 0. The van der Waals surface area contributed by atoms with E-state index in [9.17, 15) is 14.7 Å². The second-order valence-corrected chi connectivity index (χ2v) is 5.24. The second kappa shape index (κ2) is 7.17. The molecule has 1 N–H and O–H groups in total. The van der Waals surface area contributed by atoms with Gasteiger partial charge in [0.05, 0.1) is 13.2 Å². The summed E-state index contributed by atoms with van der Waals surface area (Å²) in [5, 5.41) is 10.3. The largest absolute Gasteiger partial charge is 0.388 e. The lowest BCUT2D eigenvalue weighted by molar-refractivity contribution is -0.139. The van der Waals surface area contributed by atoms with E-state index in [4.69, 9.17) is 4.74 Å². The minimum absolute atomic E-state index is 0.0579. The number of carbonyl (C=O) groups excluding carboxylic acids is 2.